The molecule has 0 bridgehead atoms. The third kappa shape index (κ3) is 3.60. The lowest BCUT2D eigenvalue weighted by atomic mass is 10.0. The van der Waals surface area contributed by atoms with E-state index in [-0.39, 0.29) is 11.8 Å². The maximum absolute atomic E-state index is 12.1. The molecule has 0 radical (unpaired) electrons. The third-order valence-electron chi connectivity index (χ3n) is 1.99. The molecule has 0 aliphatic carbocycles. The highest BCUT2D eigenvalue weighted by Gasteiger charge is 2.36. The number of hydrogen-bond donors (Lipinski definition) is 1. The largest absolute Gasteiger partial charge is 0.467 e. The monoisotopic (exact) mass is 255 g/mol. The van der Waals surface area contributed by atoms with Crippen molar-refractivity contribution in [2.45, 2.75) is 32.0 Å². The Hall–Kier alpha value is -0.890. The minimum absolute atomic E-state index is 0.107. The summed E-state index contributed by atoms with van der Waals surface area (Å²) in [6.07, 6.45) is -3.88. The van der Waals surface area contributed by atoms with Gasteiger partial charge in [0.15, 0.2) is 0 Å². The number of hydrogen-bond acceptors (Lipinski definition) is 5. The van der Waals surface area contributed by atoms with Crippen molar-refractivity contribution in [2.75, 3.05) is 6.61 Å². The summed E-state index contributed by atoms with van der Waals surface area (Å²) in [5.74, 6) is -1.18. The lowest BCUT2D eigenvalue weighted by molar-refractivity contribution is -0.144. The molecule has 8 heteroatoms. The summed E-state index contributed by atoms with van der Waals surface area (Å²) in [7, 11) is 0. The number of aromatic nitrogens is 2. The van der Waals surface area contributed by atoms with Crippen LogP contribution in [0, 0.1) is 0 Å². The number of nitrogens with two attached hydrogens (primary N) is 1. The molecule has 0 aromatic carbocycles. The predicted octanol–water partition coefficient (Wildman–Crippen LogP) is 2.06. The molecular weight excluding hydrogens is 243 g/mol. The van der Waals surface area contributed by atoms with Gasteiger partial charge in [0.1, 0.15) is 6.61 Å². The number of nitrogens with zero attached hydrogens (tertiary/aromatic N) is 2. The molecule has 0 fully saturated rings. The fraction of sp³-hybridized carbons (Fsp3) is 0.750. The molecule has 0 saturated heterocycles. The summed E-state index contributed by atoms with van der Waals surface area (Å²) >= 11 is 0.569. The van der Waals surface area contributed by atoms with Crippen molar-refractivity contribution in [1.82, 2.24) is 9.36 Å². The maximum Gasteiger partial charge on any atom is 0.452 e. The van der Waals surface area contributed by atoms with E-state index in [4.69, 9.17) is 10.5 Å². The van der Waals surface area contributed by atoms with E-state index in [2.05, 4.69) is 9.36 Å². The van der Waals surface area contributed by atoms with Gasteiger partial charge in [-0.3, -0.25) is 0 Å². The first-order chi connectivity index (χ1) is 7.24. The summed E-state index contributed by atoms with van der Waals surface area (Å²) in [4.78, 5) is 3.22. The van der Waals surface area contributed by atoms with Crippen LogP contribution in [0.4, 0.5) is 13.2 Å². The quantitative estimate of drug-likeness (QED) is 0.894. The number of halogens is 3. The second-order valence-corrected chi connectivity index (χ2v) is 4.39. The molecule has 4 nitrogen and oxygen atoms in total. The Balaban J connectivity index is 2.60. The minimum atomic E-state index is -4.53. The van der Waals surface area contributed by atoms with E-state index in [0.29, 0.717) is 18.0 Å². The Bertz CT molecular complexity index is 351. The summed E-state index contributed by atoms with van der Waals surface area (Å²) < 4.78 is 44.6. The number of rotatable bonds is 4. The molecule has 1 aromatic heterocycles. The fourth-order valence-corrected chi connectivity index (χ4v) is 1.26. The fourth-order valence-electron chi connectivity index (χ4n) is 0.712. The van der Waals surface area contributed by atoms with Crippen molar-refractivity contribution in [1.29, 1.82) is 0 Å². The van der Waals surface area contributed by atoms with Crippen LogP contribution in [-0.4, -0.2) is 21.5 Å². The van der Waals surface area contributed by atoms with Gasteiger partial charge >= 0.3 is 6.18 Å². The van der Waals surface area contributed by atoms with Gasteiger partial charge in [-0.1, -0.05) is 6.92 Å². The summed E-state index contributed by atoms with van der Waals surface area (Å²) in [6, 6.07) is 0. The molecule has 1 rings (SSSR count). The summed E-state index contributed by atoms with van der Waals surface area (Å²) in [6.45, 7) is 3.72. The van der Waals surface area contributed by atoms with Crippen LogP contribution in [-0.2, 0) is 6.18 Å². The smallest absolute Gasteiger partial charge is 0.452 e. The van der Waals surface area contributed by atoms with Crippen LogP contribution in [0.3, 0.4) is 0 Å². The van der Waals surface area contributed by atoms with Gasteiger partial charge < -0.3 is 10.5 Å². The Morgan fingerprint density at radius 2 is 2.06 bits per heavy atom. The zero-order valence-corrected chi connectivity index (χ0v) is 9.65. The van der Waals surface area contributed by atoms with Crippen LogP contribution in [0.25, 0.3) is 0 Å². The third-order valence-corrected chi connectivity index (χ3v) is 2.62. The summed E-state index contributed by atoms with van der Waals surface area (Å²) in [5.41, 5.74) is 5.19. The average Bonchev–Trinajstić information content (AvgIpc) is 2.63. The molecule has 1 atom stereocenters. The number of ether oxygens (including phenoxy) is 1. The minimum Gasteiger partial charge on any atom is -0.467 e. The van der Waals surface area contributed by atoms with E-state index in [1.807, 2.05) is 6.92 Å². The Morgan fingerprint density at radius 3 is 2.50 bits per heavy atom. The molecule has 1 aromatic rings. The molecule has 0 spiro atoms. The highest BCUT2D eigenvalue weighted by Crippen LogP contribution is 2.29. The zero-order chi connectivity index (χ0) is 12.4. The van der Waals surface area contributed by atoms with E-state index in [9.17, 15) is 13.2 Å². The average molecular weight is 255 g/mol. The van der Waals surface area contributed by atoms with E-state index in [1.54, 1.807) is 6.92 Å². The second kappa shape index (κ2) is 4.54. The topological polar surface area (TPSA) is 61.0 Å². The van der Waals surface area contributed by atoms with Crippen LogP contribution in [0.1, 0.15) is 26.1 Å². The lowest BCUT2D eigenvalue weighted by Gasteiger charge is -2.21. The van der Waals surface area contributed by atoms with Gasteiger partial charge in [-0.25, -0.2) is 0 Å². The molecular formula is C8H12F3N3OS. The van der Waals surface area contributed by atoms with Gasteiger partial charge in [0.05, 0.1) is 0 Å². The van der Waals surface area contributed by atoms with E-state index < -0.39 is 17.5 Å². The van der Waals surface area contributed by atoms with E-state index >= 15 is 0 Å². The number of alkyl halides is 3. The molecule has 0 aliphatic rings. The van der Waals surface area contributed by atoms with Crippen LogP contribution in [0.5, 0.6) is 5.19 Å². The first kappa shape index (κ1) is 13.2. The molecule has 0 saturated carbocycles. The molecule has 1 unspecified atom stereocenters. The molecule has 0 amide bonds. The Morgan fingerprint density at radius 1 is 1.44 bits per heavy atom. The standard InChI is InChI=1S/C8H12F3N3OS/c1-3-7(2,12)4-15-6-13-5(14-16-6)8(9,10)11/h3-4,12H2,1-2H3. The van der Waals surface area contributed by atoms with Crippen LogP contribution in [0.2, 0.25) is 0 Å². The normalized spacial score (nSPS) is 15.9. The van der Waals surface area contributed by atoms with Crippen molar-refractivity contribution in [3.63, 3.8) is 0 Å². The van der Waals surface area contributed by atoms with Crippen molar-refractivity contribution < 1.29 is 17.9 Å². The zero-order valence-electron chi connectivity index (χ0n) is 8.84. The van der Waals surface area contributed by atoms with E-state index in [0.717, 1.165) is 0 Å². The SMILES string of the molecule is CCC(C)(N)COc1nc(C(F)(F)F)ns1. The van der Waals surface area contributed by atoms with Crippen LogP contribution in [0.15, 0.2) is 0 Å². The summed E-state index contributed by atoms with van der Waals surface area (Å²) in [5, 5.41) is -0.113. The second-order valence-electron chi connectivity index (χ2n) is 3.68. The molecule has 92 valence electrons. The van der Waals surface area contributed by atoms with Gasteiger partial charge in [-0.2, -0.15) is 22.5 Å². The maximum atomic E-state index is 12.1. The molecule has 16 heavy (non-hydrogen) atoms. The van der Waals surface area contributed by atoms with Crippen molar-refractivity contribution in [2.24, 2.45) is 5.73 Å². The van der Waals surface area contributed by atoms with E-state index in [1.165, 1.54) is 0 Å². The van der Waals surface area contributed by atoms with Gasteiger partial charge in [0.2, 0.25) is 0 Å². The van der Waals surface area contributed by atoms with Gasteiger partial charge in [-0.05, 0) is 13.3 Å². The van der Waals surface area contributed by atoms with Crippen molar-refractivity contribution in [3.8, 4) is 5.19 Å². The molecule has 1 heterocycles. The van der Waals surface area contributed by atoms with Crippen molar-refractivity contribution in [3.05, 3.63) is 5.82 Å². The van der Waals surface area contributed by atoms with Gasteiger partial charge in [0, 0.05) is 17.1 Å². The molecule has 0 aliphatic heterocycles. The van der Waals surface area contributed by atoms with Crippen LogP contribution >= 0.6 is 11.5 Å². The first-order valence-corrected chi connectivity index (χ1v) is 5.34. The Labute approximate surface area is 94.8 Å². The first-order valence-electron chi connectivity index (χ1n) is 4.57. The predicted molar refractivity (Wildman–Crippen MR) is 53.3 cm³/mol. The highest BCUT2D eigenvalue weighted by molar-refractivity contribution is 7.07. The van der Waals surface area contributed by atoms with Gasteiger partial charge in [0.25, 0.3) is 11.0 Å². The van der Waals surface area contributed by atoms with Crippen LogP contribution < -0.4 is 10.5 Å². The molecule has 2 N–H and O–H groups in total. The Kier molecular flexibility index (Phi) is 3.74. The lowest BCUT2D eigenvalue weighted by Crippen LogP contribution is -2.41. The highest BCUT2D eigenvalue weighted by atomic mass is 32.1. The van der Waals surface area contributed by atoms with Crippen molar-refractivity contribution >= 4 is 11.5 Å². The van der Waals surface area contributed by atoms with Gasteiger partial charge in [-0.15, -0.1) is 0 Å².